The van der Waals surface area contributed by atoms with Crippen LogP contribution >= 0.6 is 0 Å². The number of rotatable bonds is 3. The van der Waals surface area contributed by atoms with Gasteiger partial charge in [-0.3, -0.25) is 20.4 Å². The summed E-state index contributed by atoms with van der Waals surface area (Å²) in [6, 6.07) is 0. The fourth-order valence-corrected chi connectivity index (χ4v) is 9.46. The molecule has 8 fully saturated rings. The molecule has 0 aliphatic heterocycles. The van der Waals surface area contributed by atoms with Crippen LogP contribution in [0.4, 0.5) is 0 Å². The lowest BCUT2D eigenvalue weighted by Crippen LogP contribution is -2.55. The summed E-state index contributed by atoms with van der Waals surface area (Å²) in [6.07, 6.45) is 15.0. The van der Waals surface area contributed by atoms with Crippen molar-refractivity contribution in [2.24, 2.45) is 52.8 Å². The Bertz CT molecular complexity index is 593. The molecule has 27 heavy (non-hydrogen) atoms. The molecule has 0 aromatic carbocycles. The highest BCUT2D eigenvalue weighted by molar-refractivity contribution is 5.84. The van der Waals surface area contributed by atoms with Crippen LogP contribution in [-0.2, 0) is 9.59 Å². The van der Waals surface area contributed by atoms with Crippen LogP contribution in [0.2, 0.25) is 0 Å². The maximum absolute atomic E-state index is 12.9. The molecule has 8 aliphatic rings. The molecule has 8 bridgehead atoms. The minimum absolute atomic E-state index is 0.0501. The Morgan fingerprint density at radius 2 is 1.15 bits per heavy atom. The van der Waals surface area contributed by atoms with Crippen LogP contribution in [0.25, 0.3) is 0 Å². The number of hydrogen-bond acceptors (Lipinski definition) is 2. The Kier molecular flexibility index (Phi) is 3.73. The lowest BCUT2D eigenvalue weighted by Gasteiger charge is -2.56. The van der Waals surface area contributed by atoms with Gasteiger partial charge in [-0.25, -0.2) is 0 Å². The van der Waals surface area contributed by atoms with E-state index in [1.807, 2.05) is 0 Å². The second kappa shape index (κ2) is 5.97. The molecule has 0 spiro atoms. The molecule has 0 unspecified atom stereocenters. The van der Waals surface area contributed by atoms with Gasteiger partial charge in [-0.2, -0.15) is 0 Å². The van der Waals surface area contributed by atoms with E-state index in [4.69, 9.17) is 0 Å². The van der Waals surface area contributed by atoms with Crippen molar-refractivity contribution in [3.8, 4) is 0 Å². The molecule has 8 rings (SSSR count). The number of amides is 2. The van der Waals surface area contributed by atoms with Gasteiger partial charge < -0.3 is 0 Å². The summed E-state index contributed by atoms with van der Waals surface area (Å²) in [4.78, 5) is 25.6. The van der Waals surface area contributed by atoms with Gasteiger partial charge in [-0.15, -0.1) is 0 Å². The molecule has 2 N–H and O–H groups in total. The van der Waals surface area contributed by atoms with E-state index in [2.05, 4.69) is 10.9 Å². The first-order valence-electron chi connectivity index (χ1n) is 11.6. The third-order valence-electron chi connectivity index (χ3n) is 9.56. The zero-order chi connectivity index (χ0) is 18.2. The molecule has 0 heterocycles. The highest BCUT2D eigenvalue weighted by atomic mass is 16.2. The first-order chi connectivity index (χ1) is 13.1. The minimum atomic E-state index is 0.0501. The Labute approximate surface area is 162 Å². The maximum atomic E-state index is 12.9. The van der Waals surface area contributed by atoms with Crippen LogP contribution in [0, 0.1) is 52.8 Å². The van der Waals surface area contributed by atoms with Crippen LogP contribution < -0.4 is 10.9 Å². The quantitative estimate of drug-likeness (QED) is 0.742. The molecular weight excluding hydrogens is 336 g/mol. The fraction of sp³-hybridized carbons (Fsp3) is 0.913. The van der Waals surface area contributed by atoms with Gasteiger partial charge in [-0.05, 0) is 117 Å². The van der Waals surface area contributed by atoms with Crippen LogP contribution in [0.15, 0.2) is 0 Å². The molecule has 0 saturated heterocycles. The SMILES string of the molecule is O=C(CC12CC3CC(CC(C3)C1)C2)NNC(=O)C1C2CC3CC(C2)CC1C3. The Morgan fingerprint density at radius 3 is 1.67 bits per heavy atom. The smallest absolute Gasteiger partial charge is 0.242 e. The Morgan fingerprint density at radius 1 is 0.667 bits per heavy atom. The summed E-state index contributed by atoms with van der Waals surface area (Å²) < 4.78 is 0. The average molecular weight is 371 g/mol. The standard InChI is InChI=1S/C23H34N2O2/c26-20(12-23-9-15-2-16(10-23)4-17(3-15)11-23)24-25-22(27)21-18-5-13-1-14(7-18)8-19(21)6-13/h13-19,21H,1-12H2,(H,24,26)(H,25,27). The van der Waals surface area contributed by atoms with Gasteiger partial charge in [0.15, 0.2) is 0 Å². The third kappa shape index (κ3) is 2.84. The molecule has 2 amide bonds. The van der Waals surface area contributed by atoms with Crippen LogP contribution in [0.1, 0.15) is 77.0 Å². The highest BCUT2D eigenvalue weighted by Crippen LogP contribution is 2.61. The molecule has 0 aromatic heterocycles. The number of hydrogen-bond donors (Lipinski definition) is 2. The van der Waals surface area contributed by atoms with Crippen LogP contribution in [0.5, 0.6) is 0 Å². The minimum Gasteiger partial charge on any atom is -0.273 e. The molecule has 8 saturated carbocycles. The second-order valence-electron chi connectivity index (χ2n) is 11.6. The van der Waals surface area contributed by atoms with E-state index in [0.29, 0.717) is 18.3 Å². The monoisotopic (exact) mass is 370 g/mol. The molecule has 4 heteroatoms. The Balaban J connectivity index is 1.05. The zero-order valence-corrected chi connectivity index (χ0v) is 16.4. The summed E-state index contributed by atoms with van der Waals surface area (Å²) in [5.41, 5.74) is 5.92. The van der Waals surface area contributed by atoms with Crippen molar-refractivity contribution < 1.29 is 9.59 Å². The van der Waals surface area contributed by atoms with Gasteiger partial charge in [0.1, 0.15) is 0 Å². The van der Waals surface area contributed by atoms with Crippen molar-refractivity contribution in [2.45, 2.75) is 77.0 Å². The first kappa shape index (κ1) is 16.9. The number of carbonyl (C=O) groups excluding carboxylic acids is 2. The van der Waals surface area contributed by atoms with Gasteiger partial charge in [-0.1, -0.05) is 0 Å². The van der Waals surface area contributed by atoms with E-state index in [-0.39, 0.29) is 23.1 Å². The average Bonchev–Trinajstić information content (AvgIpc) is 2.57. The van der Waals surface area contributed by atoms with E-state index < -0.39 is 0 Å². The highest BCUT2D eigenvalue weighted by Gasteiger charge is 2.52. The third-order valence-corrected chi connectivity index (χ3v) is 9.56. The van der Waals surface area contributed by atoms with Crippen LogP contribution in [0.3, 0.4) is 0 Å². The van der Waals surface area contributed by atoms with E-state index in [1.165, 1.54) is 70.6 Å². The number of nitrogens with one attached hydrogen (secondary N) is 2. The Hall–Kier alpha value is -1.06. The van der Waals surface area contributed by atoms with E-state index >= 15 is 0 Å². The fourth-order valence-electron chi connectivity index (χ4n) is 9.46. The number of hydrazine groups is 1. The molecule has 4 nitrogen and oxygen atoms in total. The van der Waals surface area contributed by atoms with E-state index in [0.717, 1.165) is 29.6 Å². The summed E-state index contributed by atoms with van der Waals surface area (Å²) in [7, 11) is 0. The maximum Gasteiger partial charge on any atom is 0.242 e. The van der Waals surface area contributed by atoms with Gasteiger partial charge in [0, 0.05) is 12.3 Å². The number of carbonyl (C=O) groups is 2. The van der Waals surface area contributed by atoms with Crippen molar-refractivity contribution in [2.75, 3.05) is 0 Å². The molecule has 8 aliphatic carbocycles. The molecule has 0 radical (unpaired) electrons. The molecule has 148 valence electrons. The van der Waals surface area contributed by atoms with Gasteiger partial charge in [0.05, 0.1) is 0 Å². The van der Waals surface area contributed by atoms with Gasteiger partial charge in [0.25, 0.3) is 0 Å². The predicted molar refractivity (Wildman–Crippen MR) is 102 cm³/mol. The normalized spacial score (nSPS) is 51.4. The summed E-state index contributed by atoms with van der Waals surface area (Å²) in [5, 5.41) is 0. The van der Waals surface area contributed by atoms with E-state index in [1.54, 1.807) is 0 Å². The molecule has 0 atom stereocenters. The van der Waals surface area contributed by atoms with E-state index in [9.17, 15) is 9.59 Å². The topological polar surface area (TPSA) is 58.2 Å². The summed E-state index contributed by atoms with van der Waals surface area (Å²) in [5.74, 6) is 5.80. The lowest BCUT2D eigenvalue weighted by atomic mass is 9.49. The van der Waals surface area contributed by atoms with Crippen molar-refractivity contribution in [3.05, 3.63) is 0 Å². The second-order valence-corrected chi connectivity index (χ2v) is 11.6. The van der Waals surface area contributed by atoms with Crippen molar-refractivity contribution in [3.63, 3.8) is 0 Å². The first-order valence-corrected chi connectivity index (χ1v) is 11.6. The lowest BCUT2D eigenvalue weighted by molar-refractivity contribution is -0.143. The van der Waals surface area contributed by atoms with Crippen molar-refractivity contribution in [1.29, 1.82) is 0 Å². The van der Waals surface area contributed by atoms with Crippen LogP contribution in [-0.4, -0.2) is 11.8 Å². The van der Waals surface area contributed by atoms with Gasteiger partial charge >= 0.3 is 0 Å². The summed E-state index contributed by atoms with van der Waals surface area (Å²) >= 11 is 0. The largest absolute Gasteiger partial charge is 0.273 e. The summed E-state index contributed by atoms with van der Waals surface area (Å²) in [6.45, 7) is 0. The zero-order valence-electron chi connectivity index (χ0n) is 16.4. The predicted octanol–water partition coefficient (Wildman–Crippen LogP) is 3.81. The van der Waals surface area contributed by atoms with Crippen molar-refractivity contribution in [1.82, 2.24) is 10.9 Å². The van der Waals surface area contributed by atoms with Crippen molar-refractivity contribution >= 4 is 11.8 Å². The molecular formula is C23H34N2O2. The molecule has 0 aromatic rings. The van der Waals surface area contributed by atoms with Gasteiger partial charge in [0.2, 0.25) is 11.8 Å².